The van der Waals surface area contributed by atoms with E-state index in [1.807, 2.05) is 36.4 Å². The number of para-hydroxylation sites is 1. The van der Waals surface area contributed by atoms with E-state index in [1.165, 1.54) is 7.11 Å². The molecule has 0 spiro atoms. The molecule has 2 rings (SSSR count). The molecule has 0 saturated heterocycles. The van der Waals surface area contributed by atoms with Crippen molar-refractivity contribution in [3.63, 3.8) is 0 Å². The monoisotopic (exact) mass is 257 g/mol. The SMILES string of the molecule is COc1ccccc1C(Cc1ccccc1)[N+](=O)[O-]. The van der Waals surface area contributed by atoms with E-state index < -0.39 is 6.04 Å². The quantitative estimate of drug-likeness (QED) is 0.610. The van der Waals surface area contributed by atoms with Crippen LogP contribution in [0.2, 0.25) is 0 Å². The van der Waals surface area contributed by atoms with Crippen molar-refractivity contribution in [1.82, 2.24) is 0 Å². The van der Waals surface area contributed by atoms with E-state index in [9.17, 15) is 10.1 Å². The minimum atomic E-state index is -0.793. The molecule has 0 aliphatic heterocycles. The van der Waals surface area contributed by atoms with E-state index in [0.29, 0.717) is 17.7 Å². The molecule has 19 heavy (non-hydrogen) atoms. The summed E-state index contributed by atoms with van der Waals surface area (Å²) in [6, 6.07) is 15.8. The smallest absolute Gasteiger partial charge is 0.245 e. The van der Waals surface area contributed by atoms with Gasteiger partial charge in [0.15, 0.2) is 0 Å². The van der Waals surface area contributed by atoms with Crippen LogP contribution in [0.25, 0.3) is 0 Å². The number of hydrogen-bond acceptors (Lipinski definition) is 3. The van der Waals surface area contributed by atoms with Crippen LogP contribution >= 0.6 is 0 Å². The molecule has 0 N–H and O–H groups in total. The van der Waals surface area contributed by atoms with Gasteiger partial charge >= 0.3 is 0 Å². The minimum absolute atomic E-state index is 0.259. The number of methoxy groups -OCH3 is 1. The molecule has 0 bridgehead atoms. The molecule has 2 aromatic carbocycles. The van der Waals surface area contributed by atoms with E-state index in [0.717, 1.165) is 5.56 Å². The molecule has 0 radical (unpaired) electrons. The van der Waals surface area contributed by atoms with Crippen LogP contribution in [0.3, 0.4) is 0 Å². The fraction of sp³-hybridized carbons (Fsp3) is 0.200. The van der Waals surface area contributed by atoms with Crippen molar-refractivity contribution in [2.24, 2.45) is 0 Å². The van der Waals surface area contributed by atoms with E-state index in [-0.39, 0.29) is 4.92 Å². The first kappa shape index (κ1) is 13.1. The number of ether oxygens (including phenoxy) is 1. The van der Waals surface area contributed by atoms with Gasteiger partial charge < -0.3 is 4.74 Å². The van der Waals surface area contributed by atoms with Gasteiger partial charge in [0, 0.05) is 11.3 Å². The second kappa shape index (κ2) is 6.00. The summed E-state index contributed by atoms with van der Waals surface area (Å²) in [6.45, 7) is 0. The molecule has 0 heterocycles. The van der Waals surface area contributed by atoms with Gasteiger partial charge in [0.25, 0.3) is 0 Å². The molecule has 0 aliphatic rings. The first-order valence-electron chi connectivity index (χ1n) is 6.02. The summed E-state index contributed by atoms with van der Waals surface area (Å²) in [6.07, 6.45) is 0.355. The molecule has 4 nitrogen and oxygen atoms in total. The van der Waals surface area contributed by atoms with Gasteiger partial charge in [-0.3, -0.25) is 10.1 Å². The highest BCUT2D eigenvalue weighted by Gasteiger charge is 2.26. The number of nitrogens with zero attached hydrogens (tertiary/aromatic N) is 1. The second-order valence-electron chi connectivity index (χ2n) is 4.23. The molecule has 0 amide bonds. The summed E-state index contributed by atoms with van der Waals surface area (Å²) in [7, 11) is 1.53. The molecule has 4 heteroatoms. The topological polar surface area (TPSA) is 52.4 Å². The van der Waals surface area contributed by atoms with Gasteiger partial charge in [0.2, 0.25) is 6.04 Å². The highest BCUT2D eigenvalue weighted by Crippen LogP contribution is 2.29. The van der Waals surface area contributed by atoms with Crippen molar-refractivity contribution in [3.05, 3.63) is 75.8 Å². The van der Waals surface area contributed by atoms with Crippen molar-refractivity contribution < 1.29 is 9.66 Å². The van der Waals surface area contributed by atoms with Crippen LogP contribution in [0.15, 0.2) is 54.6 Å². The van der Waals surface area contributed by atoms with Crippen LogP contribution in [0, 0.1) is 10.1 Å². The van der Waals surface area contributed by atoms with Gasteiger partial charge in [-0.1, -0.05) is 42.5 Å². The van der Waals surface area contributed by atoms with Gasteiger partial charge in [0.05, 0.1) is 12.7 Å². The Bertz CT molecular complexity index is 554. The third-order valence-corrected chi connectivity index (χ3v) is 3.02. The van der Waals surface area contributed by atoms with Crippen LogP contribution in [0.1, 0.15) is 17.2 Å². The Balaban J connectivity index is 2.33. The zero-order chi connectivity index (χ0) is 13.7. The third-order valence-electron chi connectivity index (χ3n) is 3.02. The molecule has 0 fully saturated rings. The van der Waals surface area contributed by atoms with Gasteiger partial charge in [-0.05, 0) is 17.7 Å². The van der Waals surface area contributed by atoms with E-state index in [2.05, 4.69) is 0 Å². The average molecular weight is 257 g/mol. The largest absolute Gasteiger partial charge is 0.496 e. The maximum Gasteiger partial charge on any atom is 0.245 e. The Kier molecular flexibility index (Phi) is 4.13. The van der Waals surface area contributed by atoms with Crippen LogP contribution < -0.4 is 4.74 Å². The molecule has 0 saturated carbocycles. The predicted octanol–water partition coefficient (Wildman–Crippen LogP) is 3.26. The fourth-order valence-electron chi connectivity index (χ4n) is 2.08. The van der Waals surface area contributed by atoms with Crippen LogP contribution in [-0.2, 0) is 6.42 Å². The van der Waals surface area contributed by atoms with Crippen molar-refractivity contribution in [2.45, 2.75) is 12.5 Å². The van der Waals surface area contributed by atoms with Crippen LogP contribution in [-0.4, -0.2) is 12.0 Å². The standard InChI is InChI=1S/C15H15NO3/c1-19-15-10-6-5-9-13(15)14(16(17)18)11-12-7-3-2-4-8-12/h2-10,14H,11H2,1H3. The van der Waals surface area contributed by atoms with Crippen LogP contribution in [0.4, 0.5) is 0 Å². The first-order chi connectivity index (χ1) is 9.22. The Labute approximate surface area is 111 Å². The Morgan fingerprint density at radius 2 is 1.74 bits per heavy atom. The molecule has 98 valence electrons. The highest BCUT2D eigenvalue weighted by atomic mass is 16.6. The Morgan fingerprint density at radius 1 is 1.11 bits per heavy atom. The van der Waals surface area contributed by atoms with Gasteiger partial charge in [-0.2, -0.15) is 0 Å². The fourth-order valence-corrected chi connectivity index (χ4v) is 2.08. The van der Waals surface area contributed by atoms with Gasteiger partial charge in [-0.15, -0.1) is 0 Å². The Hall–Kier alpha value is -2.36. The summed E-state index contributed by atoms with van der Waals surface area (Å²) in [4.78, 5) is 11.1. The summed E-state index contributed by atoms with van der Waals surface area (Å²) >= 11 is 0. The summed E-state index contributed by atoms with van der Waals surface area (Å²) in [5.74, 6) is 0.556. The minimum Gasteiger partial charge on any atom is -0.496 e. The highest BCUT2D eigenvalue weighted by molar-refractivity contribution is 5.36. The summed E-state index contributed by atoms with van der Waals surface area (Å²) < 4.78 is 5.21. The number of rotatable bonds is 5. The van der Waals surface area contributed by atoms with Crippen molar-refractivity contribution >= 4 is 0 Å². The first-order valence-corrected chi connectivity index (χ1v) is 6.02. The molecule has 2 aromatic rings. The zero-order valence-corrected chi connectivity index (χ0v) is 10.7. The van der Waals surface area contributed by atoms with Crippen molar-refractivity contribution in [2.75, 3.05) is 7.11 Å². The summed E-state index contributed by atoms with van der Waals surface area (Å²) in [5, 5.41) is 11.3. The van der Waals surface area contributed by atoms with Crippen LogP contribution in [0.5, 0.6) is 5.75 Å². The normalized spacial score (nSPS) is 11.8. The zero-order valence-electron chi connectivity index (χ0n) is 10.7. The lowest BCUT2D eigenvalue weighted by Gasteiger charge is -2.13. The van der Waals surface area contributed by atoms with Crippen molar-refractivity contribution in [3.8, 4) is 5.75 Å². The molecular weight excluding hydrogens is 242 g/mol. The lowest BCUT2D eigenvalue weighted by Crippen LogP contribution is -2.14. The molecule has 1 unspecified atom stereocenters. The maximum absolute atomic E-state index is 11.3. The number of nitro groups is 1. The summed E-state index contributed by atoms with van der Waals surface area (Å²) in [5.41, 5.74) is 1.55. The van der Waals surface area contributed by atoms with Gasteiger partial charge in [0.1, 0.15) is 5.75 Å². The maximum atomic E-state index is 11.3. The lowest BCUT2D eigenvalue weighted by atomic mass is 9.98. The molecular formula is C15H15NO3. The Morgan fingerprint density at radius 3 is 2.37 bits per heavy atom. The van der Waals surface area contributed by atoms with Crippen molar-refractivity contribution in [1.29, 1.82) is 0 Å². The number of benzene rings is 2. The van der Waals surface area contributed by atoms with E-state index in [1.54, 1.807) is 18.2 Å². The van der Waals surface area contributed by atoms with E-state index in [4.69, 9.17) is 4.74 Å². The third kappa shape index (κ3) is 3.10. The number of hydrogen-bond donors (Lipinski definition) is 0. The van der Waals surface area contributed by atoms with Gasteiger partial charge in [-0.25, -0.2) is 0 Å². The second-order valence-corrected chi connectivity index (χ2v) is 4.23. The van der Waals surface area contributed by atoms with E-state index >= 15 is 0 Å². The molecule has 0 aliphatic carbocycles. The average Bonchev–Trinajstić information content (AvgIpc) is 2.45. The molecule has 1 atom stereocenters. The molecule has 0 aromatic heterocycles. The lowest BCUT2D eigenvalue weighted by molar-refractivity contribution is -0.528. The predicted molar refractivity (Wildman–Crippen MR) is 72.9 cm³/mol.